The molecule has 1 N–H and O–H groups in total. The van der Waals surface area contributed by atoms with Gasteiger partial charge in [-0.3, -0.25) is 0 Å². The molecule has 3 heteroatoms. The van der Waals surface area contributed by atoms with Crippen LogP contribution in [0.2, 0.25) is 0 Å². The van der Waals surface area contributed by atoms with Crippen molar-refractivity contribution in [1.82, 2.24) is 10.2 Å². The summed E-state index contributed by atoms with van der Waals surface area (Å²) in [6.45, 7) is 3.10. The van der Waals surface area contributed by atoms with Crippen molar-refractivity contribution in [3.63, 3.8) is 0 Å². The van der Waals surface area contributed by atoms with Gasteiger partial charge in [0.05, 0.1) is 7.11 Å². The Hall–Kier alpha value is -1.06. The first-order valence-electron chi connectivity index (χ1n) is 7.33. The number of hydrogen-bond acceptors (Lipinski definition) is 3. The Kier molecular flexibility index (Phi) is 5.67. The zero-order valence-corrected chi connectivity index (χ0v) is 12.2. The zero-order valence-electron chi connectivity index (χ0n) is 12.2. The number of benzene rings is 1. The summed E-state index contributed by atoms with van der Waals surface area (Å²) in [5.74, 6) is 0.984. The van der Waals surface area contributed by atoms with E-state index in [2.05, 4.69) is 29.4 Å². The van der Waals surface area contributed by atoms with E-state index < -0.39 is 0 Å². The van der Waals surface area contributed by atoms with Gasteiger partial charge in [0.1, 0.15) is 5.75 Å². The molecule has 1 aliphatic carbocycles. The summed E-state index contributed by atoms with van der Waals surface area (Å²) in [4.78, 5) is 2.35. The summed E-state index contributed by atoms with van der Waals surface area (Å²) in [6.07, 6.45) is 5.51. The molecule has 1 saturated carbocycles. The van der Waals surface area contributed by atoms with E-state index in [-0.39, 0.29) is 0 Å². The van der Waals surface area contributed by atoms with E-state index in [1.807, 2.05) is 12.1 Å². The maximum absolute atomic E-state index is 5.39. The standard InChI is InChI=1S/C16H26N2O/c1-18(12-11-17-15-8-4-5-9-15)13-14-7-3-6-10-16(14)19-2/h3,6-7,10,15,17H,4-5,8-9,11-13H2,1-2H3. The second-order valence-corrected chi connectivity index (χ2v) is 5.49. The lowest BCUT2D eigenvalue weighted by Gasteiger charge is -2.20. The third-order valence-electron chi connectivity index (χ3n) is 3.91. The molecule has 19 heavy (non-hydrogen) atoms. The van der Waals surface area contributed by atoms with Crippen molar-refractivity contribution in [2.45, 2.75) is 38.3 Å². The van der Waals surface area contributed by atoms with Crippen LogP contribution >= 0.6 is 0 Å². The molecule has 0 amide bonds. The molecule has 1 aliphatic rings. The highest BCUT2D eigenvalue weighted by atomic mass is 16.5. The number of ether oxygens (including phenoxy) is 1. The number of para-hydroxylation sites is 1. The molecule has 0 bridgehead atoms. The van der Waals surface area contributed by atoms with Gasteiger partial charge in [-0.25, -0.2) is 0 Å². The van der Waals surface area contributed by atoms with Crippen LogP contribution in [0.3, 0.4) is 0 Å². The van der Waals surface area contributed by atoms with Gasteiger partial charge < -0.3 is 15.0 Å². The molecule has 3 nitrogen and oxygen atoms in total. The first-order valence-corrected chi connectivity index (χ1v) is 7.33. The summed E-state index contributed by atoms with van der Waals surface area (Å²) in [5.41, 5.74) is 1.26. The van der Waals surface area contributed by atoms with Crippen LogP contribution in [-0.4, -0.2) is 38.2 Å². The molecular weight excluding hydrogens is 236 g/mol. The minimum atomic E-state index is 0.764. The van der Waals surface area contributed by atoms with E-state index in [1.54, 1.807) is 7.11 Å². The van der Waals surface area contributed by atoms with Crippen LogP contribution < -0.4 is 10.1 Å². The molecule has 2 rings (SSSR count). The lowest BCUT2D eigenvalue weighted by molar-refractivity contribution is 0.309. The van der Waals surface area contributed by atoms with Crippen LogP contribution in [0.4, 0.5) is 0 Å². The highest BCUT2D eigenvalue weighted by molar-refractivity contribution is 5.32. The molecule has 0 atom stereocenters. The van der Waals surface area contributed by atoms with Gasteiger partial charge in [-0.1, -0.05) is 31.0 Å². The molecular formula is C16H26N2O. The normalized spacial score (nSPS) is 16.2. The average Bonchev–Trinajstić information content (AvgIpc) is 2.92. The fourth-order valence-electron chi connectivity index (χ4n) is 2.79. The molecule has 0 aromatic heterocycles. The first-order chi connectivity index (χ1) is 9.29. The van der Waals surface area contributed by atoms with Crippen molar-refractivity contribution in [2.24, 2.45) is 0 Å². The second kappa shape index (κ2) is 7.51. The smallest absolute Gasteiger partial charge is 0.123 e. The molecule has 0 heterocycles. The van der Waals surface area contributed by atoms with Gasteiger partial charge in [0.25, 0.3) is 0 Å². The van der Waals surface area contributed by atoms with Crippen LogP contribution in [0.1, 0.15) is 31.2 Å². The Morgan fingerprint density at radius 2 is 2.00 bits per heavy atom. The first kappa shape index (κ1) is 14.4. The summed E-state index contributed by atoms with van der Waals surface area (Å²) >= 11 is 0. The topological polar surface area (TPSA) is 24.5 Å². The van der Waals surface area contributed by atoms with Crippen molar-refractivity contribution < 1.29 is 4.74 Å². The third kappa shape index (κ3) is 4.51. The predicted molar refractivity (Wildman–Crippen MR) is 79.6 cm³/mol. The van der Waals surface area contributed by atoms with Gasteiger partial charge in [0.15, 0.2) is 0 Å². The van der Waals surface area contributed by atoms with E-state index in [1.165, 1.54) is 31.2 Å². The highest BCUT2D eigenvalue weighted by Crippen LogP contribution is 2.19. The molecule has 0 aliphatic heterocycles. The molecule has 0 spiro atoms. The molecule has 0 saturated heterocycles. The molecule has 0 unspecified atom stereocenters. The maximum atomic E-state index is 5.39. The largest absolute Gasteiger partial charge is 0.496 e. The van der Waals surface area contributed by atoms with E-state index in [0.29, 0.717) is 0 Å². The van der Waals surface area contributed by atoms with Crippen LogP contribution in [0, 0.1) is 0 Å². The van der Waals surface area contributed by atoms with Crippen LogP contribution in [0.25, 0.3) is 0 Å². The fraction of sp³-hybridized carbons (Fsp3) is 0.625. The van der Waals surface area contributed by atoms with Crippen LogP contribution in [0.15, 0.2) is 24.3 Å². The number of methoxy groups -OCH3 is 1. The van der Waals surface area contributed by atoms with E-state index in [4.69, 9.17) is 4.74 Å². The number of hydrogen-bond donors (Lipinski definition) is 1. The SMILES string of the molecule is COc1ccccc1CN(C)CCNC1CCCC1. The third-order valence-corrected chi connectivity index (χ3v) is 3.91. The summed E-state index contributed by atoms with van der Waals surface area (Å²) in [7, 11) is 3.91. The van der Waals surface area contributed by atoms with Gasteiger partial charge >= 0.3 is 0 Å². The molecule has 0 radical (unpaired) electrons. The van der Waals surface area contributed by atoms with Crippen molar-refractivity contribution in [3.05, 3.63) is 29.8 Å². The quantitative estimate of drug-likeness (QED) is 0.817. The van der Waals surface area contributed by atoms with E-state index in [9.17, 15) is 0 Å². The number of nitrogens with zero attached hydrogens (tertiary/aromatic N) is 1. The van der Waals surface area contributed by atoms with Crippen molar-refractivity contribution in [2.75, 3.05) is 27.2 Å². The van der Waals surface area contributed by atoms with Crippen LogP contribution in [0.5, 0.6) is 5.75 Å². The van der Waals surface area contributed by atoms with E-state index >= 15 is 0 Å². The van der Waals surface area contributed by atoms with Crippen molar-refractivity contribution in [3.8, 4) is 5.75 Å². The second-order valence-electron chi connectivity index (χ2n) is 5.49. The maximum Gasteiger partial charge on any atom is 0.123 e. The van der Waals surface area contributed by atoms with Gasteiger partial charge in [-0.05, 0) is 26.0 Å². The minimum Gasteiger partial charge on any atom is -0.496 e. The number of likely N-dealkylation sites (N-methyl/N-ethyl adjacent to an activating group) is 1. The molecule has 1 fully saturated rings. The average molecular weight is 262 g/mol. The number of nitrogens with one attached hydrogen (secondary N) is 1. The van der Waals surface area contributed by atoms with Gasteiger partial charge in [-0.2, -0.15) is 0 Å². The Morgan fingerprint density at radius 3 is 2.74 bits per heavy atom. The van der Waals surface area contributed by atoms with E-state index in [0.717, 1.165) is 31.4 Å². The summed E-state index contributed by atoms with van der Waals surface area (Å²) in [5, 5.41) is 3.65. The minimum absolute atomic E-state index is 0.764. The van der Waals surface area contributed by atoms with Gasteiger partial charge in [0, 0.05) is 31.2 Å². The van der Waals surface area contributed by atoms with Crippen molar-refractivity contribution >= 4 is 0 Å². The molecule has 1 aromatic carbocycles. The predicted octanol–water partition coefficient (Wildman–Crippen LogP) is 2.66. The molecule has 1 aromatic rings. The summed E-state index contributed by atoms with van der Waals surface area (Å²) < 4.78 is 5.39. The Labute approximate surface area is 116 Å². The monoisotopic (exact) mass is 262 g/mol. The highest BCUT2D eigenvalue weighted by Gasteiger charge is 2.13. The van der Waals surface area contributed by atoms with Gasteiger partial charge in [-0.15, -0.1) is 0 Å². The Bertz CT molecular complexity index is 375. The Balaban J connectivity index is 1.72. The zero-order chi connectivity index (χ0) is 13.5. The summed E-state index contributed by atoms with van der Waals surface area (Å²) in [6, 6.07) is 9.02. The number of rotatable bonds is 7. The van der Waals surface area contributed by atoms with Crippen molar-refractivity contribution in [1.29, 1.82) is 0 Å². The fourth-order valence-corrected chi connectivity index (χ4v) is 2.79. The van der Waals surface area contributed by atoms with Gasteiger partial charge in [0.2, 0.25) is 0 Å². The molecule has 106 valence electrons. The lowest BCUT2D eigenvalue weighted by atomic mass is 10.2. The Morgan fingerprint density at radius 1 is 1.26 bits per heavy atom. The lowest BCUT2D eigenvalue weighted by Crippen LogP contribution is -2.34. The van der Waals surface area contributed by atoms with Crippen LogP contribution in [-0.2, 0) is 6.54 Å².